The van der Waals surface area contributed by atoms with E-state index in [1.54, 1.807) is 48.1 Å². The number of anilines is 1. The minimum atomic E-state index is -0.408. The number of hydrogen-bond acceptors (Lipinski definition) is 6. The van der Waals surface area contributed by atoms with Gasteiger partial charge in [0.1, 0.15) is 0 Å². The highest BCUT2D eigenvalue weighted by Crippen LogP contribution is 2.23. The van der Waals surface area contributed by atoms with E-state index in [0.717, 1.165) is 11.3 Å². The van der Waals surface area contributed by atoms with E-state index < -0.39 is 5.91 Å². The molecule has 0 aliphatic carbocycles. The van der Waals surface area contributed by atoms with E-state index in [-0.39, 0.29) is 5.76 Å². The lowest BCUT2D eigenvalue weighted by atomic mass is 10.3. The second-order valence-electron chi connectivity index (χ2n) is 6.11. The number of carbonyl (C=O) groups excluding carboxylic acids is 1. The number of pyridine rings is 1. The van der Waals surface area contributed by atoms with Gasteiger partial charge in [-0.3, -0.25) is 14.5 Å². The zero-order valence-corrected chi connectivity index (χ0v) is 15.0. The molecule has 4 aromatic heterocycles. The summed E-state index contributed by atoms with van der Waals surface area (Å²) in [5.41, 5.74) is 2.82. The Hall–Kier alpha value is -3.75. The smallest absolute Gasteiger partial charge is 0.294 e. The van der Waals surface area contributed by atoms with Crippen molar-refractivity contribution in [1.82, 2.24) is 29.5 Å². The van der Waals surface area contributed by atoms with E-state index >= 15 is 0 Å². The van der Waals surface area contributed by atoms with E-state index in [1.165, 1.54) is 0 Å². The van der Waals surface area contributed by atoms with Crippen LogP contribution in [0.1, 0.15) is 21.8 Å². The fourth-order valence-electron chi connectivity index (χ4n) is 2.63. The van der Waals surface area contributed by atoms with E-state index in [2.05, 4.69) is 25.5 Å². The van der Waals surface area contributed by atoms with Crippen molar-refractivity contribution in [3.05, 3.63) is 60.1 Å². The molecule has 4 heterocycles. The number of amides is 1. The van der Waals surface area contributed by atoms with Crippen LogP contribution < -0.4 is 5.32 Å². The number of nitrogens with zero attached hydrogens (tertiary/aromatic N) is 6. The number of nitrogens with one attached hydrogen (secondary N) is 1. The zero-order valence-electron chi connectivity index (χ0n) is 15.0. The van der Waals surface area contributed by atoms with Crippen molar-refractivity contribution in [3.8, 4) is 17.1 Å². The van der Waals surface area contributed by atoms with Crippen molar-refractivity contribution in [2.75, 3.05) is 5.32 Å². The molecule has 136 valence electrons. The number of aryl methyl sites for hydroxylation is 3. The molecule has 0 aliphatic heterocycles. The summed E-state index contributed by atoms with van der Waals surface area (Å²) in [5.74, 6) is 0.532. The molecule has 9 nitrogen and oxygen atoms in total. The van der Waals surface area contributed by atoms with Gasteiger partial charge in [0.25, 0.3) is 5.91 Å². The first-order valence-corrected chi connectivity index (χ1v) is 8.26. The second-order valence-corrected chi connectivity index (χ2v) is 6.11. The molecule has 0 bridgehead atoms. The number of carbonyl (C=O) groups is 1. The third kappa shape index (κ3) is 3.22. The molecule has 0 spiro atoms. The monoisotopic (exact) mass is 363 g/mol. The Kier molecular flexibility index (Phi) is 4.03. The van der Waals surface area contributed by atoms with Crippen molar-refractivity contribution < 1.29 is 9.21 Å². The zero-order chi connectivity index (χ0) is 19.0. The van der Waals surface area contributed by atoms with Crippen molar-refractivity contribution in [2.45, 2.75) is 13.8 Å². The predicted octanol–water partition coefficient (Wildman–Crippen LogP) is 2.52. The van der Waals surface area contributed by atoms with E-state index in [4.69, 9.17) is 4.42 Å². The number of oxazole rings is 1. The molecule has 0 atom stereocenters. The summed E-state index contributed by atoms with van der Waals surface area (Å²) >= 11 is 0. The van der Waals surface area contributed by atoms with Crippen molar-refractivity contribution in [2.24, 2.45) is 7.05 Å². The van der Waals surface area contributed by atoms with Gasteiger partial charge in [-0.05, 0) is 26.0 Å². The Morgan fingerprint density at radius 3 is 2.78 bits per heavy atom. The Bertz CT molecular complexity index is 1110. The lowest BCUT2D eigenvalue weighted by Crippen LogP contribution is -2.13. The number of hydrogen-bond donors (Lipinski definition) is 1. The molecule has 0 unspecified atom stereocenters. The Morgan fingerprint density at radius 2 is 2.07 bits per heavy atom. The Balaban J connectivity index is 1.58. The summed E-state index contributed by atoms with van der Waals surface area (Å²) in [4.78, 5) is 21.0. The standard InChI is InChI=1S/C18H17N7O2/c1-11-9-25(14-5-4-6-19-8-14)23-16(11)22-17(26)15-12(2)21-18(27-15)13-7-20-24(3)10-13/h4-10H,1-3H3,(H,22,23,26). The molecule has 1 N–H and O–H groups in total. The average Bonchev–Trinajstić information content (AvgIpc) is 3.35. The van der Waals surface area contributed by atoms with Crippen LogP contribution in [0.4, 0.5) is 5.82 Å². The van der Waals surface area contributed by atoms with Crippen LogP contribution in [0, 0.1) is 13.8 Å². The van der Waals surface area contributed by atoms with Crippen LogP contribution in [0.15, 0.2) is 47.5 Å². The molecular formula is C18H17N7O2. The molecule has 1 amide bonds. The third-order valence-corrected chi connectivity index (χ3v) is 3.99. The molecule has 0 aromatic carbocycles. The van der Waals surface area contributed by atoms with Gasteiger partial charge in [0.05, 0.1) is 29.3 Å². The Labute approximate surface area is 154 Å². The highest BCUT2D eigenvalue weighted by Gasteiger charge is 2.21. The first-order valence-electron chi connectivity index (χ1n) is 8.26. The van der Waals surface area contributed by atoms with Crippen molar-refractivity contribution >= 4 is 11.7 Å². The van der Waals surface area contributed by atoms with Gasteiger partial charge >= 0.3 is 0 Å². The lowest BCUT2D eigenvalue weighted by Gasteiger charge is -2.01. The van der Waals surface area contributed by atoms with Gasteiger partial charge in [-0.2, -0.15) is 5.10 Å². The van der Waals surface area contributed by atoms with Gasteiger partial charge in [-0.25, -0.2) is 9.67 Å². The largest absolute Gasteiger partial charge is 0.431 e. The van der Waals surface area contributed by atoms with E-state index in [0.29, 0.717) is 23.0 Å². The normalized spacial score (nSPS) is 10.9. The maximum atomic E-state index is 12.7. The maximum absolute atomic E-state index is 12.7. The van der Waals surface area contributed by atoms with E-state index in [1.807, 2.05) is 25.3 Å². The quantitative estimate of drug-likeness (QED) is 0.597. The van der Waals surface area contributed by atoms with Gasteiger partial charge in [0.15, 0.2) is 5.82 Å². The topological polar surface area (TPSA) is 104 Å². The van der Waals surface area contributed by atoms with Crippen LogP contribution in [0.3, 0.4) is 0 Å². The molecular weight excluding hydrogens is 346 g/mol. The molecule has 0 fully saturated rings. The summed E-state index contributed by atoms with van der Waals surface area (Å²) in [5, 5.41) is 11.3. The number of rotatable bonds is 4. The van der Waals surface area contributed by atoms with Gasteiger partial charge in [-0.1, -0.05) is 0 Å². The van der Waals surface area contributed by atoms with E-state index in [9.17, 15) is 4.79 Å². The first kappa shape index (κ1) is 16.7. The fraction of sp³-hybridized carbons (Fsp3) is 0.167. The molecule has 0 radical (unpaired) electrons. The van der Waals surface area contributed by atoms with Crippen molar-refractivity contribution in [3.63, 3.8) is 0 Å². The van der Waals surface area contributed by atoms with Gasteiger partial charge in [0.2, 0.25) is 11.7 Å². The second kappa shape index (κ2) is 6.52. The molecule has 4 aromatic rings. The van der Waals surface area contributed by atoms with Crippen LogP contribution >= 0.6 is 0 Å². The minimum Gasteiger partial charge on any atom is -0.431 e. The predicted molar refractivity (Wildman–Crippen MR) is 97.5 cm³/mol. The highest BCUT2D eigenvalue weighted by atomic mass is 16.4. The summed E-state index contributed by atoms with van der Waals surface area (Å²) in [6.07, 6.45) is 8.61. The molecule has 4 rings (SSSR count). The van der Waals surface area contributed by atoms with Crippen LogP contribution in [0.25, 0.3) is 17.1 Å². The molecule has 0 saturated carbocycles. The summed E-state index contributed by atoms with van der Waals surface area (Å²) in [6.45, 7) is 3.59. The molecule has 0 saturated heterocycles. The van der Waals surface area contributed by atoms with Crippen LogP contribution in [-0.4, -0.2) is 35.4 Å². The maximum Gasteiger partial charge on any atom is 0.294 e. The first-order chi connectivity index (χ1) is 13.0. The molecule has 27 heavy (non-hydrogen) atoms. The fourth-order valence-corrected chi connectivity index (χ4v) is 2.63. The number of aromatic nitrogens is 6. The van der Waals surface area contributed by atoms with Gasteiger partial charge in [-0.15, -0.1) is 5.10 Å². The summed E-state index contributed by atoms with van der Waals surface area (Å²) in [6, 6.07) is 3.70. The third-order valence-electron chi connectivity index (χ3n) is 3.99. The Morgan fingerprint density at radius 1 is 1.22 bits per heavy atom. The SMILES string of the molecule is Cc1cn(-c2cccnc2)nc1NC(=O)c1oc(-c2cnn(C)c2)nc1C. The lowest BCUT2D eigenvalue weighted by molar-refractivity contribution is 0.0996. The van der Waals surface area contributed by atoms with Gasteiger partial charge in [0, 0.05) is 31.2 Å². The van der Waals surface area contributed by atoms with Crippen LogP contribution in [0.5, 0.6) is 0 Å². The molecule has 9 heteroatoms. The van der Waals surface area contributed by atoms with Crippen LogP contribution in [-0.2, 0) is 7.05 Å². The van der Waals surface area contributed by atoms with Gasteiger partial charge < -0.3 is 9.73 Å². The van der Waals surface area contributed by atoms with Crippen LogP contribution in [0.2, 0.25) is 0 Å². The molecule has 0 aliphatic rings. The summed E-state index contributed by atoms with van der Waals surface area (Å²) < 4.78 is 8.96. The minimum absolute atomic E-state index is 0.143. The average molecular weight is 363 g/mol. The highest BCUT2D eigenvalue weighted by molar-refractivity contribution is 6.03. The van der Waals surface area contributed by atoms with Crippen molar-refractivity contribution in [1.29, 1.82) is 0 Å². The summed E-state index contributed by atoms with van der Waals surface area (Å²) in [7, 11) is 1.80.